The molecule has 0 spiro atoms. The Balaban J connectivity index is 1.72. The summed E-state index contributed by atoms with van der Waals surface area (Å²) in [7, 11) is 0. The van der Waals surface area contributed by atoms with Gasteiger partial charge >= 0.3 is 6.03 Å². The van der Waals surface area contributed by atoms with E-state index in [1.807, 2.05) is 36.4 Å². The first-order valence-electron chi connectivity index (χ1n) is 8.36. The van der Waals surface area contributed by atoms with Crippen LogP contribution in [0, 0.1) is 0 Å². The number of aliphatic hydroxyl groups excluding tert-OH is 1. The van der Waals surface area contributed by atoms with Gasteiger partial charge in [0.25, 0.3) is 0 Å². The van der Waals surface area contributed by atoms with E-state index in [1.165, 1.54) is 0 Å². The quantitative estimate of drug-likeness (QED) is 0.731. The van der Waals surface area contributed by atoms with Crippen LogP contribution < -0.4 is 15.4 Å². The highest BCUT2D eigenvalue weighted by Crippen LogP contribution is 2.36. The number of hydrogen-bond donors (Lipinski definition) is 3. The molecule has 6 heteroatoms. The molecule has 2 amide bonds. The molecule has 0 aliphatic carbocycles. The second-order valence-corrected chi connectivity index (χ2v) is 6.40. The van der Waals surface area contributed by atoms with Gasteiger partial charge in [-0.05, 0) is 30.5 Å². The monoisotopic (exact) mass is 360 g/mol. The molecule has 0 bridgehead atoms. The summed E-state index contributed by atoms with van der Waals surface area (Å²) in [5.41, 5.74) is 2.58. The zero-order valence-corrected chi connectivity index (χ0v) is 14.6. The molecule has 1 aliphatic heterocycles. The fourth-order valence-corrected chi connectivity index (χ4v) is 3.22. The maximum Gasteiger partial charge on any atom is 0.319 e. The van der Waals surface area contributed by atoms with E-state index in [2.05, 4.69) is 10.6 Å². The Labute approximate surface area is 152 Å². The maximum absolute atomic E-state index is 12.5. The first-order valence-corrected chi connectivity index (χ1v) is 8.73. The number of carbonyl (C=O) groups is 1. The van der Waals surface area contributed by atoms with Gasteiger partial charge < -0.3 is 20.5 Å². The number of ether oxygens (including phenoxy) is 1. The molecule has 2 aromatic rings. The summed E-state index contributed by atoms with van der Waals surface area (Å²) in [5, 5.41) is 15.5. The highest BCUT2D eigenvalue weighted by molar-refractivity contribution is 6.31. The number of hydrogen-bond acceptors (Lipinski definition) is 3. The van der Waals surface area contributed by atoms with Crippen LogP contribution in [-0.4, -0.2) is 24.4 Å². The lowest BCUT2D eigenvalue weighted by atomic mass is 10.0. The number of aliphatic hydroxyl groups is 1. The molecule has 3 rings (SSSR count). The van der Waals surface area contributed by atoms with E-state index in [4.69, 9.17) is 21.4 Å². The number of benzene rings is 2. The number of halogens is 1. The molecule has 1 aliphatic rings. The van der Waals surface area contributed by atoms with Crippen molar-refractivity contribution in [3.63, 3.8) is 0 Å². The largest absolute Gasteiger partial charge is 0.491 e. The normalized spacial score (nSPS) is 13.7. The fourth-order valence-electron chi connectivity index (χ4n) is 2.98. The maximum atomic E-state index is 12.5. The van der Waals surface area contributed by atoms with E-state index in [-0.39, 0.29) is 18.7 Å². The topological polar surface area (TPSA) is 70.6 Å². The molecule has 0 aromatic heterocycles. The van der Waals surface area contributed by atoms with E-state index in [0.29, 0.717) is 35.9 Å². The van der Waals surface area contributed by atoms with E-state index < -0.39 is 0 Å². The van der Waals surface area contributed by atoms with Crippen LogP contribution in [0.4, 0.5) is 10.5 Å². The lowest BCUT2D eigenvalue weighted by Crippen LogP contribution is -2.32. The first kappa shape index (κ1) is 17.6. The van der Waals surface area contributed by atoms with Gasteiger partial charge in [-0.3, -0.25) is 0 Å². The number of anilines is 1. The van der Waals surface area contributed by atoms with Crippen molar-refractivity contribution >= 4 is 23.3 Å². The Morgan fingerprint density at radius 2 is 2.08 bits per heavy atom. The molecule has 2 aromatic carbocycles. The molecule has 5 nitrogen and oxygen atoms in total. The average Bonchev–Trinajstić information content (AvgIpc) is 3.08. The van der Waals surface area contributed by atoms with Gasteiger partial charge in [0.05, 0.1) is 18.3 Å². The fraction of sp³-hybridized carbons (Fsp3) is 0.316. The summed E-state index contributed by atoms with van der Waals surface area (Å²) in [6.07, 6.45) is 2.04. The van der Waals surface area contributed by atoms with Gasteiger partial charge in [-0.2, -0.15) is 0 Å². The van der Waals surface area contributed by atoms with Crippen LogP contribution in [0.25, 0.3) is 0 Å². The van der Waals surface area contributed by atoms with Gasteiger partial charge in [-0.1, -0.05) is 41.9 Å². The van der Waals surface area contributed by atoms with Crippen molar-refractivity contribution < 1.29 is 14.6 Å². The van der Waals surface area contributed by atoms with Crippen molar-refractivity contribution in [3.05, 3.63) is 58.6 Å². The molecule has 0 radical (unpaired) electrons. The number of amides is 2. The van der Waals surface area contributed by atoms with Crippen molar-refractivity contribution in [2.45, 2.75) is 25.3 Å². The van der Waals surface area contributed by atoms with Crippen LogP contribution in [0.3, 0.4) is 0 Å². The summed E-state index contributed by atoms with van der Waals surface area (Å²) in [6, 6.07) is 12.8. The van der Waals surface area contributed by atoms with Crippen molar-refractivity contribution in [1.82, 2.24) is 5.32 Å². The lowest BCUT2D eigenvalue weighted by Gasteiger charge is -2.20. The second-order valence-electron chi connectivity index (χ2n) is 5.97. The van der Waals surface area contributed by atoms with E-state index in [0.717, 1.165) is 17.5 Å². The van der Waals surface area contributed by atoms with E-state index >= 15 is 0 Å². The van der Waals surface area contributed by atoms with Gasteiger partial charge in [-0.15, -0.1) is 0 Å². The molecule has 3 N–H and O–H groups in total. The van der Waals surface area contributed by atoms with Crippen molar-refractivity contribution in [2.75, 3.05) is 18.5 Å². The van der Waals surface area contributed by atoms with Gasteiger partial charge in [0.15, 0.2) is 0 Å². The SMILES string of the molecule is O=C(Nc1cc(Cl)cc2c1OCC2)NC(CCCO)c1ccccc1. The zero-order valence-electron chi connectivity index (χ0n) is 13.8. The van der Waals surface area contributed by atoms with E-state index in [9.17, 15) is 4.79 Å². The molecule has 0 saturated carbocycles. The van der Waals surface area contributed by atoms with Crippen LogP contribution >= 0.6 is 11.6 Å². The number of urea groups is 1. The summed E-state index contributed by atoms with van der Waals surface area (Å²) in [6.45, 7) is 0.678. The minimum atomic E-state index is -0.327. The van der Waals surface area contributed by atoms with Crippen LogP contribution in [0.5, 0.6) is 5.75 Å². The van der Waals surface area contributed by atoms with Crippen molar-refractivity contribution in [1.29, 1.82) is 0 Å². The van der Waals surface area contributed by atoms with Crippen LogP contribution in [0.15, 0.2) is 42.5 Å². The van der Waals surface area contributed by atoms with Crippen LogP contribution in [-0.2, 0) is 6.42 Å². The highest BCUT2D eigenvalue weighted by Gasteiger charge is 2.20. The van der Waals surface area contributed by atoms with Crippen LogP contribution in [0.1, 0.15) is 30.0 Å². The molecule has 1 atom stereocenters. The van der Waals surface area contributed by atoms with Crippen LogP contribution in [0.2, 0.25) is 5.02 Å². The molecule has 0 fully saturated rings. The Morgan fingerprint density at radius 1 is 1.28 bits per heavy atom. The van der Waals surface area contributed by atoms with Crippen molar-refractivity contribution in [3.8, 4) is 5.75 Å². The Hall–Kier alpha value is -2.24. The summed E-state index contributed by atoms with van der Waals surface area (Å²) in [4.78, 5) is 12.5. The predicted octanol–water partition coefficient (Wildman–Crippen LogP) is 3.91. The summed E-state index contributed by atoms with van der Waals surface area (Å²) in [5.74, 6) is 0.686. The van der Waals surface area contributed by atoms with Gasteiger partial charge in [0, 0.05) is 23.6 Å². The molecule has 25 heavy (non-hydrogen) atoms. The third-order valence-electron chi connectivity index (χ3n) is 4.15. The average molecular weight is 361 g/mol. The van der Waals surface area contributed by atoms with Gasteiger partial charge in [0.1, 0.15) is 5.75 Å². The molecular weight excluding hydrogens is 340 g/mol. The minimum Gasteiger partial charge on any atom is -0.491 e. The number of rotatable bonds is 6. The number of nitrogens with one attached hydrogen (secondary N) is 2. The zero-order chi connectivity index (χ0) is 17.6. The van der Waals surface area contributed by atoms with Crippen molar-refractivity contribution in [2.24, 2.45) is 0 Å². The number of fused-ring (bicyclic) bond motifs is 1. The number of carbonyl (C=O) groups excluding carboxylic acids is 1. The molecular formula is C19H21ClN2O3. The molecule has 1 unspecified atom stereocenters. The second kappa shape index (κ2) is 8.23. The smallest absolute Gasteiger partial charge is 0.319 e. The molecule has 1 heterocycles. The minimum absolute atomic E-state index is 0.0856. The third kappa shape index (κ3) is 4.44. The Bertz CT molecular complexity index is 737. The van der Waals surface area contributed by atoms with Gasteiger partial charge in [-0.25, -0.2) is 4.79 Å². The highest BCUT2D eigenvalue weighted by atomic mass is 35.5. The Kier molecular flexibility index (Phi) is 5.79. The molecule has 132 valence electrons. The summed E-state index contributed by atoms with van der Waals surface area (Å²) >= 11 is 6.13. The third-order valence-corrected chi connectivity index (χ3v) is 4.37. The predicted molar refractivity (Wildman–Crippen MR) is 98.3 cm³/mol. The van der Waals surface area contributed by atoms with E-state index in [1.54, 1.807) is 6.07 Å². The first-order chi connectivity index (χ1) is 12.2. The van der Waals surface area contributed by atoms with Gasteiger partial charge in [0.2, 0.25) is 0 Å². The standard InChI is InChI=1S/C19H21ClN2O3/c20-15-11-14-8-10-25-18(14)17(12-15)22-19(24)21-16(7-4-9-23)13-5-2-1-3-6-13/h1-3,5-6,11-12,16,23H,4,7-10H2,(H2,21,22,24). The Morgan fingerprint density at radius 3 is 2.84 bits per heavy atom. The lowest BCUT2D eigenvalue weighted by molar-refractivity contribution is 0.243. The molecule has 0 saturated heterocycles. The summed E-state index contributed by atoms with van der Waals surface area (Å²) < 4.78 is 5.61.